The van der Waals surface area contributed by atoms with Gasteiger partial charge in [0.25, 0.3) is 5.56 Å². The lowest BCUT2D eigenvalue weighted by Crippen LogP contribution is -2.40. The van der Waals surface area contributed by atoms with E-state index >= 15 is 0 Å². The van der Waals surface area contributed by atoms with Gasteiger partial charge in [-0.25, -0.2) is 14.6 Å². The second kappa shape index (κ2) is 11.2. The highest BCUT2D eigenvalue weighted by molar-refractivity contribution is 7.07. The summed E-state index contributed by atoms with van der Waals surface area (Å²) >= 11 is 1.21. The third kappa shape index (κ3) is 5.30. The van der Waals surface area contributed by atoms with Crippen molar-refractivity contribution in [3.63, 3.8) is 0 Å². The number of benzene rings is 2. The number of thiazole rings is 1. The topological polar surface area (TPSA) is 126 Å². The number of hydrogen-bond donors (Lipinski definition) is 1. The zero-order chi connectivity index (χ0) is 27.5. The van der Waals surface area contributed by atoms with Gasteiger partial charge in [-0.3, -0.25) is 9.36 Å². The van der Waals surface area contributed by atoms with Gasteiger partial charge in [-0.1, -0.05) is 42.9 Å². The molecular formula is C28H26N2O8S. The number of carbonyl (C=O) groups excluding carboxylic acids is 1. The maximum atomic E-state index is 13.9. The van der Waals surface area contributed by atoms with Crippen molar-refractivity contribution in [2.75, 3.05) is 20.0 Å². The number of aliphatic carboxylic acids is 1. The molecule has 1 N–H and O–H groups in total. The minimum atomic E-state index is -1.09. The minimum absolute atomic E-state index is 0.0957. The van der Waals surface area contributed by atoms with Crippen molar-refractivity contribution in [1.29, 1.82) is 0 Å². The van der Waals surface area contributed by atoms with Crippen molar-refractivity contribution in [3.05, 3.63) is 84.5 Å². The van der Waals surface area contributed by atoms with E-state index in [2.05, 4.69) is 0 Å². The number of esters is 1. The van der Waals surface area contributed by atoms with Crippen LogP contribution in [-0.2, 0) is 14.3 Å². The summed E-state index contributed by atoms with van der Waals surface area (Å²) in [6.45, 7) is 3.53. The predicted octanol–water partition coefficient (Wildman–Crippen LogP) is 2.77. The molecule has 0 amide bonds. The molecule has 3 heterocycles. The van der Waals surface area contributed by atoms with Gasteiger partial charge in [0.05, 0.1) is 28.5 Å². The number of ether oxygens (including phenoxy) is 4. The Morgan fingerprint density at radius 2 is 2.00 bits per heavy atom. The van der Waals surface area contributed by atoms with Crippen molar-refractivity contribution >= 4 is 29.4 Å². The monoisotopic (exact) mass is 550 g/mol. The molecule has 39 heavy (non-hydrogen) atoms. The Hall–Kier alpha value is -4.38. The average molecular weight is 551 g/mol. The molecule has 0 unspecified atom stereocenters. The lowest BCUT2D eigenvalue weighted by molar-refractivity contribution is -0.140. The van der Waals surface area contributed by atoms with Gasteiger partial charge in [0.15, 0.2) is 22.9 Å². The quantitative estimate of drug-likeness (QED) is 0.403. The van der Waals surface area contributed by atoms with E-state index in [1.165, 1.54) is 15.9 Å². The smallest absolute Gasteiger partial charge is 0.341 e. The average Bonchev–Trinajstić information content (AvgIpc) is 3.51. The number of carbonyl (C=O) groups is 2. The summed E-state index contributed by atoms with van der Waals surface area (Å²) < 4.78 is 23.7. The fourth-order valence-corrected chi connectivity index (χ4v) is 5.53. The van der Waals surface area contributed by atoms with Gasteiger partial charge in [0, 0.05) is 0 Å². The van der Waals surface area contributed by atoms with Crippen molar-refractivity contribution in [2.24, 2.45) is 4.99 Å². The summed E-state index contributed by atoms with van der Waals surface area (Å²) in [5, 5.41) is 8.90. The number of nitrogens with zero attached hydrogens (tertiary/aromatic N) is 2. The molecule has 0 saturated heterocycles. The van der Waals surface area contributed by atoms with Crippen LogP contribution in [0.2, 0.25) is 0 Å². The molecule has 10 nitrogen and oxygen atoms in total. The van der Waals surface area contributed by atoms with E-state index in [0.29, 0.717) is 55.4 Å². The van der Waals surface area contributed by atoms with E-state index in [4.69, 9.17) is 29.0 Å². The Bertz CT molecular complexity index is 1650. The van der Waals surface area contributed by atoms with E-state index in [9.17, 15) is 14.4 Å². The highest BCUT2D eigenvalue weighted by atomic mass is 32.1. The molecule has 5 rings (SSSR count). The van der Waals surface area contributed by atoms with Crippen LogP contribution in [-0.4, -0.2) is 41.6 Å². The number of aromatic nitrogens is 1. The summed E-state index contributed by atoms with van der Waals surface area (Å²) in [7, 11) is 0. The summed E-state index contributed by atoms with van der Waals surface area (Å²) in [4.78, 5) is 43.2. The first-order valence-electron chi connectivity index (χ1n) is 12.5. The summed E-state index contributed by atoms with van der Waals surface area (Å²) in [5.41, 5.74) is 1.90. The fraction of sp³-hybridized carbons (Fsp3) is 0.286. The van der Waals surface area contributed by atoms with Gasteiger partial charge < -0.3 is 24.1 Å². The Morgan fingerprint density at radius 1 is 1.18 bits per heavy atom. The van der Waals surface area contributed by atoms with Crippen LogP contribution in [0.15, 0.2) is 63.5 Å². The zero-order valence-electron chi connectivity index (χ0n) is 21.3. The number of hydrogen-bond acceptors (Lipinski definition) is 9. The van der Waals surface area contributed by atoms with Gasteiger partial charge in [0.1, 0.15) is 5.75 Å². The molecule has 2 aliphatic heterocycles. The third-order valence-corrected chi connectivity index (χ3v) is 7.11. The van der Waals surface area contributed by atoms with Gasteiger partial charge >= 0.3 is 11.9 Å². The number of fused-ring (bicyclic) bond motifs is 2. The molecule has 0 bridgehead atoms. The first-order valence-corrected chi connectivity index (χ1v) is 13.3. The van der Waals surface area contributed by atoms with Crippen LogP contribution in [0.4, 0.5) is 0 Å². The van der Waals surface area contributed by atoms with Crippen molar-refractivity contribution in [2.45, 2.75) is 32.7 Å². The van der Waals surface area contributed by atoms with Crippen molar-refractivity contribution in [1.82, 2.24) is 4.57 Å². The summed E-state index contributed by atoms with van der Waals surface area (Å²) in [5.74, 6) is -0.119. The highest BCUT2D eigenvalue weighted by Crippen LogP contribution is 2.38. The fourth-order valence-electron chi connectivity index (χ4n) is 4.51. The van der Waals surface area contributed by atoms with E-state index < -0.39 is 24.6 Å². The van der Waals surface area contributed by atoms with Crippen LogP contribution in [0.3, 0.4) is 0 Å². The molecule has 1 aromatic heterocycles. The van der Waals surface area contributed by atoms with E-state index in [0.717, 1.165) is 6.42 Å². The molecule has 0 aliphatic carbocycles. The van der Waals surface area contributed by atoms with Crippen molar-refractivity contribution in [3.8, 4) is 17.2 Å². The van der Waals surface area contributed by atoms with Crippen LogP contribution in [0, 0.1) is 0 Å². The zero-order valence-corrected chi connectivity index (χ0v) is 22.2. The van der Waals surface area contributed by atoms with Gasteiger partial charge in [-0.15, -0.1) is 0 Å². The maximum absolute atomic E-state index is 13.9. The predicted molar refractivity (Wildman–Crippen MR) is 142 cm³/mol. The van der Waals surface area contributed by atoms with Gasteiger partial charge in [0.2, 0.25) is 6.79 Å². The molecule has 0 saturated carbocycles. The van der Waals surface area contributed by atoms with Crippen LogP contribution in [0.1, 0.15) is 43.9 Å². The summed E-state index contributed by atoms with van der Waals surface area (Å²) in [6, 6.07) is 11.4. The Morgan fingerprint density at radius 3 is 2.77 bits per heavy atom. The first kappa shape index (κ1) is 26.2. The second-order valence-electron chi connectivity index (χ2n) is 8.78. The van der Waals surface area contributed by atoms with Crippen molar-refractivity contribution < 1.29 is 33.6 Å². The molecule has 0 radical (unpaired) electrons. The molecule has 0 fully saturated rings. The first-order chi connectivity index (χ1) is 18.9. The van der Waals surface area contributed by atoms with Crippen LogP contribution in [0.5, 0.6) is 17.2 Å². The number of rotatable bonds is 9. The third-order valence-electron chi connectivity index (χ3n) is 6.12. The molecule has 11 heteroatoms. The number of carboxylic acid groups (broad SMARTS) is 1. The maximum Gasteiger partial charge on any atom is 0.341 e. The molecule has 2 aromatic carbocycles. The van der Waals surface area contributed by atoms with E-state index in [1.807, 2.05) is 13.0 Å². The Labute approximate surface area is 227 Å². The lowest BCUT2D eigenvalue weighted by Gasteiger charge is -2.25. The minimum Gasteiger partial charge on any atom is -0.482 e. The lowest BCUT2D eigenvalue weighted by atomic mass is 9.94. The number of allylic oxidation sites excluding steroid dienone is 1. The van der Waals surface area contributed by atoms with Crippen LogP contribution in [0.25, 0.3) is 6.08 Å². The number of carboxylic acids is 1. The molecular weight excluding hydrogens is 524 g/mol. The molecule has 3 aromatic rings. The van der Waals surface area contributed by atoms with E-state index in [-0.39, 0.29) is 19.0 Å². The van der Waals surface area contributed by atoms with Gasteiger partial charge in [-0.2, -0.15) is 0 Å². The standard InChI is InChI=1S/C28H26N2O8S/c1-3-6-19-24(27(34)35-4-2)25(17-9-10-20-21(13-17)38-15-37-20)30-26(33)22(39-28(30)29-19)12-16-7-5-8-18(11-16)36-14-23(31)32/h5,7-13,25H,3-4,6,14-15H2,1-2H3,(H,31,32)/b22-12-/t25-/m0/s1. The summed E-state index contributed by atoms with van der Waals surface area (Å²) in [6.07, 6.45) is 2.97. The molecule has 2 aliphatic rings. The Balaban J connectivity index is 1.68. The molecule has 0 spiro atoms. The van der Waals surface area contributed by atoms with E-state index in [1.54, 1.807) is 49.4 Å². The van der Waals surface area contributed by atoms with Crippen LogP contribution >= 0.6 is 11.3 Å². The SMILES string of the molecule is CCCC1=C(C(=O)OCC)[C@H](c2ccc3c(c2)OCO3)n2c(s/c(=C\c3cccc(OCC(=O)O)c3)c2=O)=N1. The normalized spacial score (nSPS) is 16.1. The largest absolute Gasteiger partial charge is 0.482 e. The molecule has 202 valence electrons. The Kier molecular flexibility index (Phi) is 7.51. The van der Waals surface area contributed by atoms with Crippen LogP contribution < -0.4 is 29.1 Å². The highest BCUT2D eigenvalue weighted by Gasteiger charge is 2.35. The molecule has 1 atom stereocenters. The van der Waals surface area contributed by atoms with Gasteiger partial charge in [-0.05, 0) is 54.8 Å². The second-order valence-corrected chi connectivity index (χ2v) is 9.79.